The molecule has 0 aliphatic carbocycles. The van der Waals surface area contributed by atoms with E-state index in [4.69, 9.17) is 9.26 Å². The summed E-state index contributed by atoms with van der Waals surface area (Å²) in [6.07, 6.45) is 3.47. The number of aromatic nitrogens is 2. The van der Waals surface area contributed by atoms with Crippen molar-refractivity contribution in [2.75, 3.05) is 26.7 Å². The Labute approximate surface area is 195 Å². The Balaban J connectivity index is 1.17. The van der Waals surface area contributed by atoms with Crippen LogP contribution in [0.25, 0.3) is 11.4 Å². The monoisotopic (exact) mass is 448 g/mol. The second kappa shape index (κ2) is 11.1. The van der Waals surface area contributed by atoms with Crippen LogP contribution < -0.4 is 10.1 Å². The number of carbonyl (C=O) groups is 1. The van der Waals surface area contributed by atoms with Crippen molar-refractivity contribution in [3.05, 3.63) is 65.5 Å². The predicted octanol–water partition coefficient (Wildman–Crippen LogP) is 4.01. The number of carbonyl (C=O) groups excluding carboxylic acids is 1. The number of hydrogen-bond acceptors (Lipinski definition) is 6. The third-order valence-corrected chi connectivity index (χ3v) is 6.21. The lowest BCUT2D eigenvalue weighted by Crippen LogP contribution is -2.40. The van der Waals surface area contributed by atoms with Gasteiger partial charge >= 0.3 is 0 Å². The van der Waals surface area contributed by atoms with Gasteiger partial charge in [0.05, 0.1) is 13.7 Å². The van der Waals surface area contributed by atoms with Crippen LogP contribution in [0.1, 0.15) is 36.3 Å². The maximum Gasteiger partial charge on any atom is 0.241 e. The van der Waals surface area contributed by atoms with Gasteiger partial charge in [0.1, 0.15) is 5.75 Å². The number of ether oxygens (including phenoxy) is 1. The van der Waals surface area contributed by atoms with E-state index in [-0.39, 0.29) is 11.8 Å². The molecule has 1 fully saturated rings. The summed E-state index contributed by atoms with van der Waals surface area (Å²) in [5.41, 5.74) is 3.33. The molecule has 2 aromatic carbocycles. The predicted molar refractivity (Wildman–Crippen MR) is 127 cm³/mol. The van der Waals surface area contributed by atoms with Crippen molar-refractivity contribution < 1.29 is 14.1 Å². The molecule has 1 aliphatic rings. The first-order chi connectivity index (χ1) is 16.1. The smallest absolute Gasteiger partial charge is 0.241 e. The number of nitrogens with one attached hydrogen (secondary N) is 1. The molecule has 1 aliphatic heterocycles. The first kappa shape index (κ1) is 23.0. The minimum Gasteiger partial charge on any atom is -0.496 e. The van der Waals surface area contributed by atoms with Crippen molar-refractivity contribution in [3.63, 3.8) is 0 Å². The minimum atomic E-state index is 0.0679. The van der Waals surface area contributed by atoms with E-state index < -0.39 is 0 Å². The molecule has 0 bridgehead atoms. The molecule has 4 rings (SSSR count). The van der Waals surface area contributed by atoms with E-state index in [0.29, 0.717) is 24.8 Å². The van der Waals surface area contributed by atoms with Crippen LogP contribution in [-0.2, 0) is 17.8 Å². The summed E-state index contributed by atoms with van der Waals surface area (Å²) in [7, 11) is 1.69. The number of nitrogens with zero attached hydrogens (tertiary/aromatic N) is 3. The highest BCUT2D eigenvalue weighted by molar-refractivity contribution is 5.78. The van der Waals surface area contributed by atoms with Crippen LogP contribution in [-0.4, -0.2) is 47.7 Å². The van der Waals surface area contributed by atoms with Gasteiger partial charge in [-0.05, 0) is 57.3 Å². The van der Waals surface area contributed by atoms with Gasteiger partial charge in [0, 0.05) is 18.0 Å². The third-order valence-electron chi connectivity index (χ3n) is 6.21. The number of rotatable bonds is 9. The van der Waals surface area contributed by atoms with Gasteiger partial charge in [-0.1, -0.05) is 53.2 Å². The number of methoxy groups -OCH3 is 1. The fourth-order valence-corrected chi connectivity index (χ4v) is 4.23. The van der Waals surface area contributed by atoms with Crippen molar-refractivity contribution in [1.29, 1.82) is 0 Å². The number of likely N-dealkylation sites (tertiary alicyclic amines) is 1. The molecule has 33 heavy (non-hydrogen) atoms. The lowest BCUT2D eigenvalue weighted by Gasteiger charge is -2.30. The summed E-state index contributed by atoms with van der Waals surface area (Å²) in [4.78, 5) is 19.4. The van der Waals surface area contributed by atoms with Gasteiger partial charge in [-0.15, -0.1) is 0 Å². The van der Waals surface area contributed by atoms with Crippen LogP contribution in [0.5, 0.6) is 5.75 Å². The summed E-state index contributed by atoms with van der Waals surface area (Å²) < 4.78 is 10.8. The van der Waals surface area contributed by atoms with Crippen LogP contribution in [0.15, 0.2) is 53.1 Å². The highest BCUT2D eigenvalue weighted by Gasteiger charge is 2.25. The Morgan fingerprint density at radius 1 is 1.15 bits per heavy atom. The zero-order valence-electron chi connectivity index (χ0n) is 19.4. The lowest BCUT2D eigenvalue weighted by atomic mass is 9.96. The summed E-state index contributed by atoms with van der Waals surface area (Å²) in [6, 6.07) is 16.1. The van der Waals surface area contributed by atoms with Crippen molar-refractivity contribution >= 4 is 5.91 Å². The largest absolute Gasteiger partial charge is 0.496 e. The van der Waals surface area contributed by atoms with E-state index in [0.717, 1.165) is 50.1 Å². The zero-order chi connectivity index (χ0) is 23.0. The quantitative estimate of drug-likeness (QED) is 0.498. The molecule has 174 valence electrons. The number of hydrogen-bond donors (Lipinski definition) is 1. The van der Waals surface area contributed by atoms with Gasteiger partial charge in [0.15, 0.2) is 0 Å². The summed E-state index contributed by atoms with van der Waals surface area (Å²) in [5, 5.41) is 7.23. The maximum absolute atomic E-state index is 12.6. The second-order valence-corrected chi connectivity index (χ2v) is 8.63. The SMILES string of the molecule is COc1ccccc1CCCNC(=O)C1CCN(Cc2nc(-c3ccc(C)cc3)no2)CC1. The molecule has 2 heterocycles. The molecule has 7 nitrogen and oxygen atoms in total. The molecule has 0 spiro atoms. The molecule has 1 amide bonds. The van der Waals surface area contributed by atoms with Gasteiger partial charge in [-0.2, -0.15) is 4.98 Å². The Kier molecular flexibility index (Phi) is 7.73. The van der Waals surface area contributed by atoms with Gasteiger partial charge in [0.25, 0.3) is 0 Å². The Bertz CT molecular complexity index is 1040. The van der Waals surface area contributed by atoms with E-state index in [2.05, 4.69) is 33.3 Å². The van der Waals surface area contributed by atoms with E-state index in [1.807, 2.05) is 42.5 Å². The molecular weight excluding hydrogens is 416 g/mol. The average Bonchev–Trinajstić information content (AvgIpc) is 3.31. The zero-order valence-corrected chi connectivity index (χ0v) is 19.4. The molecular formula is C26H32N4O3. The Hall–Kier alpha value is -3.19. The maximum atomic E-state index is 12.6. The first-order valence-electron chi connectivity index (χ1n) is 11.6. The Morgan fingerprint density at radius 2 is 1.91 bits per heavy atom. The fraction of sp³-hybridized carbons (Fsp3) is 0.423. The number of benzene rings is 2. The van der Waals surface area contributed by atoms with Crippen LogP contribution in [0, 0.1) is 12.8 Å². The topological polar surface area (TPSA) is 80.5 Å². The number of para-hydroxylation sites is 1. The fourth-order valence-electron chi connectivity index (χ4n) is 4.23. The van der Waals surface area contributed by atoms with E-state index in [1.54, 1.807) is 7.11 Å². The minimum absolute atomic E-state index is 0.0679. The highest BCUT2D eigenvalue weighted by atomic mass is 16.5. The van der Waals surface area contributed by atoms with Crippen LogP contribution >= 0.6 is 0 Å². The van der Waals surface area contributed by atoms with Crippen molar-refractivity contribution in [1.82, 2.24) is 20.4 Å². The molecule has 0 saturated carbocycles. The number of piperidine rings is 1. The van der Waals surface area contributed by atoms with E-state index in [1.165, 1.54) is 11.1 Å². The van der Waals surface area contributed by atoms with E-state index >= 15 is 0 Å². The van der Waals surface area contributed by atoms with Gasteiger partial charge < -0.3 is 14.6 Å². The van der Waals surface area contributed by atoms with Gasteiger partial charge in [0.2, 0.25) is 17.6 Å². The summed E-state index contributed by atoms with van der Waals surface area (Å²) in [6.45, 7) is 5.05. The normalized spacial score (nSPS) is 14.8. The molecule has 7 heteroatoms. The highest BCUT2D eigenvalue weighted by Crippen LogP contribution is 2.21. The number of amides is 1. The van der Waals surface area contributed by atoms with Crippen molar-refractivity contribution in [2.24, 2.45) is 5.92 Å². The molecule has 1 N–H and O–H groups in total. The van der Waals surface area contributed by atoms with Crippen LogP contribution in [0.4, 0.5) is 0 Å². The van der Waals surface area contributed by atoms with Gasteiger partial charge in [-0.25, -0.2) is 0 Å². The molecule has 3 aromatic rings. The van der Waals surface area contributed by atoms with Crippen LogP contribution in [0.2, 0.25) is 0 Å². The summed E-state index contributed by atoms with van der Waals surface area (Å²) in [5.74, 6) is 2.37. The molecule has 1 saturated heterocycles. The number of aryl methyl sites for hydroxylation is 2. The van der Waals surface area contributed by atoms with Crippen LogP contribution in [0.3, 0.4) is 0 Å². The lowest BCUT2D eigenvalue weighted by molar-refractivity contribution is -0.126. The molecule has 1 aromatic heterocycles. The standard InChI is InChI=1S/C26H32N4O3/c1-19-9-11-21(12-10-19)25-28-24(33-29-25)18-30-16-13-22(14-17-30)26(31)27-15-5-7-20-6-3-4-8-23(20)32-2/h3-4,6,8-12,22H,5,7,13-18H2,1-2H3,(H,27,31). The molecule has 0 unspecified atom stereocenters. The van der Waals surface area contributed by atoms with Crippen molar-refractivity contribution in [2.45, 2.75) is 39.2 Å². The van der Waals surface area contributed by atoms with E-state index in [9.17, 15) is 4.79 Å². The average molecular weight is 449 g/mol. The van der Waals surface area contributed by atoms with Crippen molar-refractivity contribution in [3.8, 4) is 17.1 Å². The summed E-state index contributed by atoms with van der Waals surface area (Å²) >= 11 is 0. The first-order valence-corrected chi connectivity index (χ1v) is 11.6. The molecule has 0 atom stereocenters. The molecule has 0 radical (unpaired) electrons. The Morgan fingerprint density at radius 3 is 2.67 bits per heavy atom. The second-order valence-electron chi connectivity index (χ2n) is 8.63. The third kappa shape index (κ3) is 6.20. The van der Waals surface area contributed by atoms with Gasteiger partial charge in [-0.3, -0.25) is 9.69 Å².